The lowest BCUT2D eigenvalue weighted by Gasteiger charge is -2.55. The third kappa shape index (κ3) is 1.56. The number of rotatable bonds is 2. The van der Waals surface area contributed by atoms with Gasteiger partial charge in [-0.2, -0.15) is 0 Å². The number of likely N-dealkylation sites (tertiary alicyclic amines) is 1. The van der Waals surface area contributed by atoms with E-state index >= 15 is 0 Å². The first-order valence-electron chi connectivity index (χ1n) is 5.49. The number of nitrogens with two attached hydrogens (primary N) is 1. The Hall–Kier alpha value is -1.98. The number of hydrogen-bond donors (Lipinski definition) is 2. The molecule has 0 aromatic carbocycles. The van der Waals surface area contributed by atoms with E-state index < -0.39 is 5.91 Å². The van der Waals surface area contributed by atoms with Crippen LogP contribution in [0.5, 0.6) is 0 Å². The molecule has 1 saturated carbocycles. The first-order chi connectivity index (χ1) is 8.08. The van der Waals surface area contributed by atoms with Gasteiger partial charge in [-0.3, -0.25) is 9.59 Å². The summed E-state index contributed by atoms with van der Waals surface area (Å²) in [6.07, 6.45) is 4.68. The van der Waals surface area contributed by atoms with Crippen molar-refractivity contribution in [3.63, 3.8) is 0 Å². The molecule has 0 bridgehead atoms. The summed E-state index contributed by atoms with van der Waals surface area (Å²) in [7, 11) is 0. The highest BCUT2D eigenvalue weighted by Gasteiger charge is 2.53. The Labute approximate surface area is 98.0 Å². The minimum Gasteiger partial charge on any atom is -0.364 e. The van der Waals surface area contributed by atoms with E-state index in [0.717, 1.165) is 13.1 Å². The number of amides is 1. The molecule has 0 unspecified atom stereocenters. The Bertz CT molecular complexity index is 451. The maximum atomic E-state index is 11.0. The second-order valence-corrected chi connectivity index (χ2v) is 4.90. The van der Waals surface area contributed by atoms with E-state index in [1.54, 1.807) is 12.2 Å². The number of allylic oxidation sites excluding steroid dienone is 2. The third-order valence-electron chi connectivity index (χ3n) is 3.43. The molecule has 1 spiro atoms. The van der Waals surface area contributed by atoms with E-state index in [2.05, 4.69) is 5.48 Å². The fourth-order valence-electron chi connectivity index (χ4n) is 2.56. The molecule has 90 valence electrons. The molecule has 6 nitrogen and oxygen atoms in total. The van der Waals surface area contributed by atoms with Crippen LogP contribution in [0.3, 0.4) is 0 Å². The van der Waals surface area contributed by atoms with Crippen molar-refractivity contribution in [2.45, 2.75) is 12.8 Å². The van der Waals surface area contributed by atoms with Crippen LogP contribution in [-0.4, -0.2) is 29.7 Å². The highest BCUT2D eigenvalue weighted by Crippen LogP contribution is 2.47. The number of ketones is 1. The number of nitrogens with zero attached hydrogens (tertiary/aromatic N) is 1. The van der Waals surface area contributed by atoms with Crippen molar-refractivity contribution in [1.82, 2.24) is 10.4 Å². The van der Waals surface area contributed by atoms with Gasteiger partial charge in [-0.15, -0.1) is 0 Å². The number of Topliss-reactive ketones (excluding diaryl/α,β-unsaturated/α-hetero) is 1. The van der Waals surface area contributed by atoms with Crippen molar-refractivity contribution >= 4 is 11.7 Å². The Morgan fingerprint density at radius 3 is 2.59 bits per heavy atom. The molecule has 3 aliphatic rings. The van der Waals surface area contributed by atoms with Crippen LogP contribution in [0.15, 0.2) is 23.7 Å². The summed E-state index contributed by atoms with van der Waals surface area (Å²) in [4.78, 5) is 29.1. The van der Waals surface area contributed by atoms with Crippen LogP contribution < -0.4 is 11.2 Å². The van der Waals surface area contributed by atoms with E-state index in [1.807, 2.05) is 4.90 Å². The topological polar surface area (TPSA) is 84.7 Å². The molecule has 3 N–H and O–H groups in total. The zero-order valence-corrected chi connectivity index (χ0v) is 9.23. The quantitative estimate of drug-likeness (QED) is 0.667. The van der Waals surface area contributed by atoms with E-state index in [4.69, 9.17) is 10.6 Å². The van der Waals surface area contributed by atoms with Gasteiger partial charge in [0, 0.05) is 37.4 Å². The van der Waals surface area contributed by atoms with Gasteiger partial charge in [0.1, 0.15) is 11.5 Å². The van der Waals surface area contributed by atoms with Gasteiger partial charge in [0.25, 0.3) is 5.91 Å². The first kappa shape index (κ1) is 10.2. The molecule has 0 aromatic heterocycles. The first-order valence-corrected chi connectivity index (χ1v) is 5.49. The molecule has 17 heavy (non-hydrogen) atoms. The molecule has 0 atom stereocenters. The number of primary amides is 1. The van der Waals surface area contributed by atoms with Crippen molar-refractivity contribution < 1.29 is 14.4 Å². The van der Waals surface area contributed by atoms with E-state index in [-0.39, 0.29) is 11.1 Å². The lowest BCUT2D eigenvalue weighted by atomic mass is 9.63. The van der Waals surface area contributed by atoms with Crippen LogP contribution in [0.2, 0.25) is 0 Å². The normalized spacial score (nSPS) is 24.9. The van der Waals surface area contributed by atoms with Crippen molar-refractivity contribution in [3.05, 3.63) is 23.7 Å². The molecule has 0 aromatic rings. The van der Waals surface area contributed by atoms with Gasteiger partial charge in [-0.25, -0.2) is 5.48 Å². The summed E-state index contributed by atoms with van der Waals surface area (Å²) in [6, 6.07) is 0. The monoisotopic (exact) mass is 235 g/mol. The molecule has 3 rings (SSSR count). The molecule has 2 fully saturated rings. The van der Waals surface area contributed by atoms with E-state index in [1.165, 1.54) is 0 Å². The highest BCUT2D eigenvalue weighted by atomic mass is 16.7. The number of nitrogens with one attached hydrogen (secondary N) is 1. The van der Waals surface area contributed by atoms with Gasteiger partial charge in [0.2, 0.25) is 5.88 Å². The predicted molar refractivity (Wildman–Crippen MR) is 57.8 cm³/mol. The molecule has 6 heteroatoms. The highest BCUT2D eigenvalue weighted by molar-refractivity contribution is 5.91. The molecular formula is C11H13N3O3. The molecule has 1 amide bonds. The van der Waals surface area contributed by atoms with Crippen molar-refractivity contribution in [3.8, 4) is 0 Å². The maximum absolute atomic E-state index is 11.0. The number of hydrogen-bond acceptors (Lipinski definition) is 5. The van der Waals surface area contributed by atoms with Gasteiger partial charge in [-0.1, -0.05) is 0 Å². The Morgan fingerprint density at radius 2 is 2.12 bits per heavy atom. The summed E-state index contributed by atoms with van der Waals surface area (Å²) in [5.74, 6) is 0.460. The van der Waals surface area contributed by atoms with Gasteiger partial charge in [-0.05, 0) is 6.08 Å². The minimum atomic E-state index is -0.551. The van der Waals surface area contributed by atoms with Crippen LogP contribution in [0.1, 0.15) is 12.8 Å². The Kier molecular flexibility index (Phi) is 1.95. The predicted octanol–water partition coefficient (Wildman–Crippen LogP) is -0.603. The zero-order chi connectivity index (χ0) is 12.0. The summed E-state index contributed by atoms with van der Waals surface area (Å²) in [5, 5.41) is 0. The fourth-order valence-corrected chi connectivity index (χ4v) is 2.56. The van der Waals surface area contributed by atoms with E-state index in [9.17, 15) is 9.59 Å². The second kappa shape index (κ2) is 3.26. The summed E-state index contributed by atoms with van der Waals surface area (Å²) < 4.78 is 0. The van der Waals surface area contributed by atoms with Crippen molar-refractivity contribution in [1.29, 1.82) is 0 Å². The van der Waals surface area contributed by atoms with Crippen LogP contribution in [0.4, 0.5) is 0 Å². The summed E-state index contributed by atoms with van der Waals surface area (Å²) in [5.41, 5.74) is 8.02. The average Bonchev–Trinajstić information content (AvgIpc) is 2.21. The number of hydroxylamine groups is 1. The molecule has 2 heterocycles. The second-order valence-electron chi connectivity index (χ2n) is 4.90. The van der Waals surface area contributed by atoms with Gasteiger partial charge in [0.15, 0.2) is 0 Å². The minimum absolute atomic E-state index is 0.189. The number of carbonyl (C=O) groups is 2. The average molecular weight is 235 g/mol. The number of carbonyl (C=O) groups excluding carboxylic acids is 2. The SMILES string of the molecule is NC(=O)C1=CC=C(N2CC3(CC(=O)C3)C2)ON1. The van der Waals surface area contributed by atoms with Crippen molar-refractivity contribution in [2.24, 2.45) is 11.1 Å². The third-order valence-corrected chi connectivity index (χ3v) is 3.43. The molecule has 0 radical (unpaired) electrons. The fraction of sp³-hybridized carbons (Fsp3) is 0.455. The maximum Gasteiger partial charge on any atom is 0.268 e. The lowest BCUT2D eigenvalue weighted by molar-refractivity contribution is -0.147. The molecular weight excluding hydrogens is 222 g/mol. The van der Waals surface area contributed by atoms with Crippen LogP contribution >= 0.6 is 0 Å². The van der Waals surface area contributed by atoms with Crippen LogP contribution in [-0.2, 0) is 14.4 Å². The van der Waals surface area contributed by atoms with Gasteiger partial charge >= 0.3 is 0 Å². The van der Waals surface area contributed by atoms with Crippen molar-refractivity contribution in [2.75, 3.05) is 13.1 Å². The van der Waals surface area contributed by atoms with Gasteiger partial charge in [0.05, 0.1) is 0 Å². The summed E-state index contributed by atoms with van der Waals surface area (Å²) >= 11 is 0. The van der Waals surface area contributed by atoms with Gasteiger partial charge < -0.3 is 15.5 Å². The Balaban J connectivity index is 1.61. The standard InChI is InChI=1S/C11H13N3O3/c12-10(16)8-1-2-9(17-13-8)14-5-11(6-14)3-7(15)4-11/h1-2,13H,3-6H2,(H2,12,16). The molecule has 2 aliphatic heterocycles. The van der Waals surface area contributed by atoms with Crippen LogP contribution in [0.25, 0.3) is 0 Å². The summed E-state index contributed by atoms with van der Waals surface area (Å²) in [6.45, 7) is 1.68. The Morgan fingerprint density at radius 1 is 1.41 bits per heavy atom. The van der Waals surface area contributed by atoms with E-state index in [0.29, 0.717) is 24.5 Å². The smallest absolute Gasteiger partial charge is 0.268 e. The van der Waals surface area contributed by atoms with Crippen LogP contribution in [0, 0.1) is 5.41 Å². The molecule has 1 saturated heterocycles. The lowest BCUT2D eigenvalue weighted by Crippen LogP contribution is -2.62. The molecule has 1 aliphatic carbocycles. The zero-order valence-electron chi connectivity index (χ0n) is 9.23. The largest absolute Gasteiger partial charge is 0.364 e.